The number of carbonyl (C=O) groups is 1. The average molecular weight is 277 g/mol. The van der Waals surface area contributed by atoms with Crippen molar-refractivity contribution in [3.63, 3.8) is 0 Å². The summed E-state index contributed by atoms with van der Waals surface area (Å²) in [6, 6.07) is 5.24. The van der Waals surface area contributed by atoms with Crippen LogP contribution in [0.2, 0.25) is 0 Å². The van der Waals surface area contributed by atoms with Crippen molar-refractivity contribution in [3.05, 3.63) is 47.3 Å². The second-order valence-electron chi connectivity index (χ2n) is 5.26. The van der Waals surface area contributed by atoms with Gasteiger partial charge in [0.05, 0.1) is 17.4 Å². The second-order valence-corrected chi connectivity index (χ2v) is 5.26. The lowest BCUT2D eigenvalue weighted by molar-refractivity contribution is 0.0509. The molecule has 0 aliphatic heterocycles. The second kappa shape index (κ2) is 5.54. The monoisotopic (exact) mass is 277 g/mol. The molecule has 1 unspecified atom stereocenters. The average Bonchev–Trinajstić information content (AvgIpc) is 2.95. The van der Waals surface area contributed by atoms with Crippen molar-refractivity contribution < 1.29 is 18.7 Å². The van der Waals surface area contributed by atoms with Crippen LogP contribution in [0.5, 0.6) is 0 Å². The van der Waals surface area contributed by atoms with E-state index in [1.165, 1.54) is 0 Å². The fourth-order valence-corrected chi connectivity index (χ4v) is 2.07. The number of carbonyl (C=O) groups excluding carboxylic acids is 1. The van der Waals surface area contributed by atoms with Crippen LogP contribution in [0.3, 0.4) is 0 Å². The zero-order chi connectivity index (χ0) is 14.8. The van der Waals surface area contributed by atoms with E-state index in [-0.39, 0.29) is 12.5 Å². The molecule has 0 bridgehead atoms. The molecule has 2 aromatic heterocycles. The highest BCUT2D eigenvalue weighted by Crippen LogP contribution is 2.15. The van der Waals surface area contributed by atoms with Crippen molar-refractivity contribution in [2.45, 2.75) is 32.8 Å². The third-order valence-corrected chi connectivity index (χ3v) is 3.05. The molecule has 0 saturated heterocycles. The van der Waals surface area contributed by atoms with Gasteiger partial charge in [-0.25, -0.2) is 0 Å². The molecule has 20 heavy (non-hydrogen) atoms. The molecule has 108 valence electrons. The van der Waals surface area contributed by atoms with E-state index in [2.05, 4.69) is 5.32 Å². The first-order valence-corrected chi connectivity index (χ1v) is 6.47. The summed E-state index contributed by atoms with van der Waals surface area (Å²) in [7, 11) is 0. The van der Waals surface area contributed by atoms with Crippen LogP contribution in [0, 0.1) is 13.8 Å². The first kappa shape index (κ1) is 14.4. The lowest BCUT2D eigenvalue weighted by Crippen LogP contribution is -2.42. The van der Waals surface area contributed by atoms with Crippen LogP contribution in [-0.4, -0.2) is 23.2 Å². The maximum Gasteiger partial charge on any atom is 0.254 e. The van der Waals surface area contributed by atoms with E-state index in [4.69, 9.17) is 8.83 Å². The van der Waals surface area contributed by atoms with E-state index in [1.54, 1.807) is 45.2 Å². The molecule has 2 heterocycles. The van der Waals surface area contributed by atoms with Gasteiger partial charge in [0.25, 0.3) is 5.91 Å². The fraction of sp³-hybridized carbons (Fsp3) is 0.400. The Labute approximate surface area is 117 Å². The molecule has 0 fully saturated rings. The van der Waals surface area contributed by atoms with Crippen molar-refractivity contribution in [1.82, 2.24) is 5.32 Å². The predicted octanol–water partition coefficient (Wildman–Crippen LogP) is 2.21. The van der Waals surface area contributed by atoms with Gasteiger partial charge in [-0.2, -0.15) is 0 Å². The van der Waals surface area contributed by atoms with E-state index in [1.807, 2.05) is 0 Å². The summed E-state index contributed by atoms with van der Waals surface area (Å²) >= 11 is 0. The zero-order valence-corrected chi connectivity index (χ0v) is 11.9. The molecule has 2 N–H and O–H groups in total. The Kier molecular flexibility index (Phi) is 3.99. The van der Waals surface area contributed by atoms with Gasteiger partial charge in [0, 0.05) is 13.0 Å². The lowest BCUT2D eigenvalue weighted by atomic mass is 10.0. The fourth-order valence-electron chi connectivity index (χ4n) is 2.07. The molecule has 2 aromatic rings. The molecule has 0 saturated carbocycles. The van der Waals surface area contributed by atoms with E-state index in [0.29, 0.717) is 29.3 Å². The zero-order valence-electron chi connectivity index (χ0n) is 11.9. The van der Waals surface area contributed by atoms with Crippen molar-refractivity contribution in [3.8, 4) is 0 Å². The van der Waals surface area contributed by atoms with Crippen LogP contribution in [0.25, 0.3) is 0 Å². The number of nitrogens with one attached hydrogen (secondary N) is 1. The summed E-state index contributed by atoms with van der Waals surface area (Å²) in [5.41, 5.74) is -0.573. The number of furan rings is 2. The van der Waals surface area contributed by atoms with Gasteiger partial charge >= 0.3 is 0 Å². The summed E-state index contributed by atoms with van der Waals surface area (Å²) < 4.78 is 10.5. The topological polar surface area (TPSA) is 75.6 Å². The minimum absolute atomic E-state index is 0.135. The van der Waals surface area contributed by atoms with Crippen molar-refractivity contribution >= 4 is 5.91 Å². The van der Waals surface area contributed by atoms with Gasteiger partial charge < -0.3 is 19.3 Å². The Morgan fingerprint density at radius 3 is 2.75 bits per heavy atom. The molecule has 0 spiro atoms. The lowest BCUT2D eigenvalue weighted by Gasteiger charge is -2.22. The number of hydrogen-bond acceptors (Lipinski definition) is 4. The molecule has 0 radical (unpaired) electrons. The molecule has 0 aliphatic rings. The molecule has 0 aliphatic carbocycles. The van der Waals surface area contributed by atoms with Crippen molar-refractivity contribution in [1.29, 1.82) is 0 Å². The molecular formula is C15H19NO4. The smallest absolute Gasteiger partial charge is 0.254 e. The first-order valence-electron chi connectivity index (χ1n) is 6.47. The van der Waals surface area contributed by atoms with Crippen LogP contribution in [0.1, 0.15) is 34.6 Å². The Balaban J connectivity index is 1.94. The molecule has 0 aromatic carbocycles. The molecule has 5 nitrogen and oxygen atoms in total. The molecule has 2 rings (SSSR count). The van der Waals surface area contributed by atoms with E-state index >= 15 is 0 Å². The number of aryl methyl sites for hydroxylation is 2. The van der Waals surface area contributed by atoms with Crippen LogP contribution in [0.4, 0.5) is 0 Å². The maximum atomic E-state index is 12.0. The van der Waals surface area contributed by atoms with E-state index in [0.717, 1.165) is 0 Å². The minimum atomic E-state index is -1.07. The number of rotatable bonds is 5. The van der Waals surface area contributed by atoms with Gasteiger partial charge in [-0.3, -0.25) is 4.79 Å². The third-order valence-electron chi connectivity index (χ3n) is 3.05. The molecule has 5 heteroatoms. The van der Waals surface area contributed by atoms with Gasteiger partial charge in [0.2, 0.25) is 0 Å². The Bertz CT molecular complexity index is 581. The van der Waals surface area contributed by atoms with E-state index in [9.17, 15) is 9.90 Å². The van der Waals surface area contributed by atoms with Gasteiger partial charge in [-0.1, -0.05) is 0 Å². The third kappa shape index (κ3) is 3.51. The van der Waals surface area contributed by atoms with Crippen molar-refractivity contribution in [2.75, 3.05) is 6.54 Å². The molecular weight excluding hydrogens is 258 g/mol. The summed E-state index contributed by atoms with van der Waals surface area (Å²) in [6.07, 6.45) is 1.89. The standard InChI is InChI=1S/C15H19NO4/c1-10-7-13(11(2)20-10)14(17)16-9-15(3,18)8-12-5-4-6-19-12/h4-7,18H,8-9H2,1-3H3,(H,16,17). The van der Waals surface area contributed by atoms with Crippen LogP contribution in [0.15, 0.2) is 33.3 Å². The summed E-state index contributed by atoms with van der Waals surface area (Å²) in [4.78, 5) is 12.0. The highest BCUT2D eigenvalue weighted by Gasteiger charge is 2.24. The van der Waals surface area contributed by atoms with Gasteiger partial charge in [-0.05, 0) is 39.0 Å². The first-order chi connectivity index (χ1) is 9.37. The van der Waals surface area contributed by atoms with E-state index < -0.39 is 5.60 Å². The number of amides is 1. The largest absolute Gasteiger partial charge is 0.469 e. The van der Waals surface area contributed by atoms with Gasteiger partial charge in [0.15, 0.2) is 0 Å². The summed E-state index contributed by atoms with van der Waals surface area (Å²) in [5, 5.41) is 13.0. The van der Waals surface area contributed by atoms with Gasteiger partial charge in [-0.15, -0.1) is 0 Å². The highest BCUT2D eigenvalue weighted by molar-refractivity contribution is 5.95. The summed E-state index contributed by atoms with van der Waals surface area (Å²) in [6.45, 7) is 5.32. The summed E-state index contributed by atoms with van der Waals surface area (Å²) in [5.74, 6) is 1.69. The van der Waals surface area contributed by atoms with Crippen LogP contribution in [-0.2, 0) is 6.42 Å². The van der Waals surface area contributed by atoms with Crippen LogP contribution >= 0.6 is 0 Å². The predicted molar refractivity (Wildman–Crippen MR) is 73.6 cm³/mol. The highest BCUT2D eigenvalue weighted by atomic mass is 16.3. The number of hydrogen-bond donors (Lipinski definition) is 2. The Morgan fingerprint density at radius 2 is 2.20 bits per heavy atom. The quantitative estimate of drug-likeness (QED) is 0.878. The Hall–Kier alpha value is -2.01. The van der Waals surface area contributed by atoms with Crippen LogP contribution < -0.4 is 5.32 Å². The SMILES string of the molecule is Cc1cc(C(=O)NCC(C)(O)Cc2ccco2)c(C)o1. The minimum Gasteiger partial charge on any atom is -0.469 e. The molecule has 1 amide bonds. The Morgan fingerprint density at radius 1 is 1.45 bits per heavy atom. The number of aliphatic hydroxyl groups is 1. The van der Waals surface area contributed by atoms with Crippen molar-refractivity contribution in [2.24, 2.45) is 0 Å². The van der Waals surface area contributed by atoms with Gasteiger partial charge in [0.1, 0.15) is 17.3 Å². The normalized spacial score (nSPS) is 14.0. The molecule has 1 atom stereocenters. The maximum absolute atomic E-state index is 12.0.